The monoisotopic (exact) mass is 470 g/mol. The van der Waals surface area contributed by atoms with Crippen LogP contribution >= 0.6 is 0 Å². The van der Waals surface area contributed by atoms with E-state index < -0.39 is 22.2 Å². The van der Waals surface area contributed by atoms with Crippen LogP contribution in [-0.4, -0.2) is 84.8 Å². The van der Waals surface area contributed by atoms with Gasteiger partial charge in [0.1, 0.15) is 0 Å². The van der Waals surface area contributed by atoms with Crippen molar-refractivity contribution in [3.63, 3.8) is 0 Å². The molecular weight excluding hydrogens is 445 g/mol. The van der Waals surface area contributed by atoms with Crippen LogP contribution in [0.2, 0.25) is 0 Å². The highest BCUT2D eigenvalue weighted by molar-refractivity contribution is 7.90. The van der Waals surface area contributed by atoms with Crippen molar-refractivity contribution in [2.75, 3.05) is 44.3 Å². The quantitative estimate of drug-likeness (QED) is 0.698. The van der Waals surface area contributed by atoms with E-state index >= 15 is 0 Å². The Kier molecular flexibility index (Phi) is 6.81. The fraction of sp³-hybridized carbons (Fsp3) is 0.824. The maximum absolute atomic E-state index is 12.6. The second-order valence-electron chi connectivity index (χ2n) is 8.06. The van der Waals surface area contributed by atoms with Gasteiger partial charge in [0.2, 0.25) is 15.9 Å². The molecule has 3 heterocycles. The maximum Gasteiger partial charge on any atom is 0.490 e. The summed E-state index contributed by atoms with van der Waals surface area (Å²) in [4.78, 5) is 10.9. The normalized spacial score (nSPS) is 25.6. The van der Waals surface area contributed by atoms with Gasteiger partial charge in [0, 0.05) is 38.5 Å². The fourth-order valence-electron chi connectivity index (χ4n) is 3.77. The molecule has 14 heteroatoms. The molecule has 1 N–H and O–H groups in total. The van der Waals surface area contributed by atoms with Gasteiger partial charge >= 0.3 is 18.2 Å². The van der Waals surface area contributed by atoms with Gasteiger partial charge in [-0.2, -0.15) is 13.2 Å². The van der Waals surface area contributed by atoms with E-state index in [-0.39, 0.29) is 10.7 Å². The lowest BCUT2D eigenvalue weighted by Gasteiger charge is -2.42. The molecule has 0 bridgehead atoms. The van der Waals surface area contributed by atoms with Gasteiger partial charge in [-0.1, -0.05) is 5.10 Å². The Morgan fingerprint density at radius 3 is 2.45 bits per heavy atom. The van der Waals surface area contributed by atoms with Crippen molar-refractivity contribution in [1.82, 2.24) is 14.5 Å². The Morgan fingerprint density at radius 1 is 1.23 bits per heavy atom. The Hall–Kier alpha value is -1.93. The van der Waals surface area contributed by atoms with Gasteiger partial charge in [0.05, 0.1) is 18.5 Å². The summed E-state index contributed by atoms with van der Waals surface area (Å²) in [6.07, 6.45) is -1.66. The van der Waals surface area contributed by atoms with E-state index in [1.165, 1.54) is 0 Å². The van der Waals surface area contributed by atoms with Crippen LogP contribution in [0, 0.1) is 12.3 Å². The van der Waals surface area contributed by atoms with Crippen LogP contribution in [0.15, 0.2) is 4.42 Å². The Bertz CT molecular complexity index is 889. The van der Waals surface area contributed by atoms with Crippen LogP contribution in [0.4, 0.5) is 19.2 Å². The lowest BCUT2D eigenvalue weighted by molar-refractivity contribution is -0.192. The Morgan fingerprint density at radius 2 is 1.90 bits per heavy atom. The second-order valence-corrected chi connectivity index (χ2v) is 10.3. The molecule has 3 aliphatic rings. The maximum atomic E-state index is 12.6. The smallest absolute Gasteiger partial charge is 0.475 e. The van der Waals surface area contributed by atoms with Crippen molar-refractivity contribution in [2.45, 2.75) is 44.0 Å². The summed E-state index contributed by atoms with van der Waals surface area (Å²) in [5.41, 5.74) is -0.209. The van der Waals surface area contributed by atoms with E-state index in [1.807, 2.05) is 4.90 Å². The van der Waals surface area contributed by atoms with E-state index in [2.05, 4.69) is 10.2 Å². The van der Waals surface area contributed by atoms with E-state index in [0.717, 1.165) is 25.7 Å². The van der Waals surface area contributed by atoms with Crippen LogP contribution < -0.4 is 4.90 Å². The Labute approximate surface area is 177 Å². The van der Waals surface area contributed by atoms with Crippen LogP contribution in [0.25, 0.3) is 0 Å². The number of sulfonamides is 1. The first-order valence-corrected chi connectivity index (χ1v) is 11.4. The second kappa shape index (κ2) is 8.90. The number of aromatic nitrogens is 2. The number of carbonyl (C=O) groups is 1. The molecule has 0 aromatic carbocycles. The van der Waals surface area contributed by atoms with Crippen LogP contribution in [-0.2, 0) is 19.6 Å². The number of aliphatic carboxylic acids is 1. The Balaban J connectivity index is 0.000000339. The molecule has 2 saturated heterocycles. The average molecular weight is 470 g/mol. The van der Waals surface area contributed by atoms with Crippen molar-refractivity contribution in [3.05, 3.63) is 5.89 Å². The summed E-state index contributed by atoms with van der Waals surface area (Å²) in [6.45, 7) is 5.44. The number of hydrogen-bond donors (Lipinski definition) is 1. The number of halogens is 3. The number of carboxylic acid groups (broad SMARTS) is 1. The highest BCUT2D eigenvalue weighted by Gasteiger charge is 2.47. The van der Waals surface area contributed by atoms with Crippen LogP contribution in [0.3, 0.4) is 0 Å². The first-order chi connectivity index (χ1) is 14.4. The topological polar surface area (TPSA) is 126 Å². The molecule has 1 spiro atoms. The number of anilines is 1. The lowest BCUT2D eigenvalue weighted by atomic mass is 9.81. The predicted octanol–water partition coefficient (Wildman–Crippen LogP) is 1.42. The number of ether oxygens (including phenoxy) is 1. The predicted molar refractivity (Wildman–Crippen MR) is 101 cm³/mol. The van der Waals surface area contributed by atoms with Crippen molar-refractivity contribution < 1.29 is 40.6 Å². The molecule has 176 valence electrons. The van der Waals surface area contributed by atoms with E-state index in [4.69, 9.17) is 19.1 Å². The summed E-state index contributed by atoms with van der Waals surface area (Å²) in [5, 5.41) is 15.0. The van der Waals surface area contributed by atoms with Gasteiger partial charge in [0.15, 0.2) is 0 Å². The summed E-state index contributed by atoms with van der Waals surface area (Å²) >= 11 is 0. The average Bonchev–Trinajstić information content (AvgIpc) is 3.48. The first-order valence-electron chi connectivity index (χ1n) is 9.85. The van der Waals surface area contributed by atoms with Crippen molar-refractivity contribution in [3.8, 4) is 0 Å². The number of carboxylic acids is 1. The molecule has 1 saturated carbocycles. The molecule has 0 amide bonds. The van der Waals surface area contributed by atoms with Crippen LogP contribution in [0.5, 0.6) is 0 Å². The third-order valence-corrected chi connectivity index (χ3v) is 7.75. The van der Waals surface area contributed by atoms with Gasteiger partial charge in [-0.15, -0.1) is 5.10 Å². The van der Waals surface area contributed by atoms with E-state index in [9.17, 15) is 21.6 Å². The zero-order valence-corrected chi connectivity index (χ0v) is 17.8. The summed E-state index contributed by atoms with van der Waals surface area (Å²) in [7, 11) is -3.15. The van der Waals surface area contributed by atoms with E-state index in [1.54, 1.807) is 11.2 Å². The largest absolute Gasteiger partial charge is 0.490 e. The van der Waals surface area contributed by atoms with Gasteiger partial charge in [-0.05, 0) is 25.7 Å². The molecule has 1 aromatic heterocycles. The number of alkyl halides is 3. The molecule has 1 aliphatic carbocycles. The molecule has 3 fully saturated rings. The third-order valence-electron chi connectivity index (χ3n) is 5.40. The first kappa shape index (κ1) is 23.7. The lowest BCUT2D eigenvalue weighted by Crippen LogP contribution is -2.52. The van der Waals surface area contributed by atoms with E-state index in [0.29, 0.717) is 51.3 Å². The fourth-order valence-corrected chi connectivity index (χ4v) is 5.76. The standard InChI is InChI=1S/C15H24N4O4S.C2HF3O2/c1-12-16-17-14(23-12)18-7-8-22-11-15(9-18)5-2-6-19(10-15)24(20,21)13-3-4-13;3-2(4,5)1(6)7/h13H,2-11H2,1H3;(H,6,7). The van der Waals surface area contributed by atoms with Crippen LogP contribution in [0.1, 0.15) is 31.6 Å². The molecule has 1 unspecified atom stereocenters. The third kappa shape index (κ3) is 5.86. The molecule has 2 aliphatic heterocycles. The van der Waals surface area contributed by atoms with Gasteiger partial charge in [-0.25, -0.2) is 17.5 Å². The molecule has 1 atom stereocenters. The molecule has 4 rings (SSSR count). The minimum atomic E-state index is -5.08. The van der Waals surface area contributed by atoms with Gasteiger partial charge in [-0.3, -0.25) is 0 Å². The molecular formula is C17H25F3N4O6S. The summed E-state index contributed by atoms with van der Waals surface area (Å²) in [5.74, 6) is -2.22. The zero-order valence-electron chi connectivity index (χ0n) is 17.0. The summed E-state index contributed by atoms with van der Waals surface area (Å²) in [6, 6.07) is 0.500. The highest BCUT2D eigenvalue weighted by Crippen LogP contribution is 2.39. The molecule has 10 nitrogen and oxygen atoms in total. The number of nitrogens with zero attached hydrogens (tertiary/aromatic N) is 4. The van der Waals surface area contributed by atoms with Gasteiger partial charge < -0.3 is 19.2 Å². The molecule has 1 aromatic rings. The van der Waals surface area contributed by atoms with Crippen molar-refractivity contribution in [1.29, 1.82) is 0 Å². The molecule has 31 heavy (non-hydrogen) atoms. The number of rotatable bonds is 3. The SMILES string of the molecule is Cc1nnc(N2CCOCC3(CCCN(S(=O)(=O)C4CC4)C3)C2)o1.O=C(O)C(F)(F)F. The van der Waals surface area contributed by atoms with Crippen molar-refractivity contribution >= 4 is 22.0 Å². The van der Waals surface area contributed by atoms with Crippen molar-refractivity contribution in [2.24, 2.45) is 5.41 Å². The van der Waals surface area contributed by atoms with Gasteiger partial charge in [0.25, 0.3) is 0 Å². The number of aryl methyl sites for hydroxylation is 1. The number of piperidine rings is 1. The highest BCUT2D eigenvalue weighted by atomic mass is 32.2. The number of hydrogen-bond acceptors (Lipinski definition) is 8. The minimum absolute atomic E-state index is 0.158. The minimum Gasteiger partial charge on any atom is -0.475 e. The molecule has 0 radical (unpaired) electrons. The zero-order chi connectivity index (χ0) is 22.9. The summed E-state index contributed by atoms with van der Waals surface area (Å²) < 4.78 is 70.1.